The molecule has 86 valence electrons. The molecular formula is C10H28O3. The van der Waals surface area contributed by atoms with Gasteiger partial charge in [0.2, 0.25) is 0 Å². The van der Waals surface area contributed by atoms with Crippen molar-refractivity contribution < 1.29 is 14.2 Å². The van der Waals surface area contributed by atoms with Gasteiger partial charge in [0, 0.05) is 7.11 Å². The van der Waals surface area contributed by atoms with E-state index < -0.39 is 0 Å². The number of hydrogen-bond acceptors (Lipinski definition) is 3. The van der Waals surface area contributed by atoms with Crippen molar-refractivity contribution in [1.29, 1.82) is 0 Å². The van der Waals surface area contributed by atoms with Crippen LogP contribution in [0.5, 0.6) is 0 Å². The maximum Gasteiger partial charge on any atom is 0.150 e. The van der Waals surface area contributed by atoms with Crippen LogP contribution in [0.15, 0.2) is 12.7 Å². The molecule has 0 aromatic heterocycles. The minimum atomic E-state index is 0. The van der Waals surface area contributed by atoms with Crippen LogP contribution in [-0.2, 0) is 14.2 Å². The van der Waals surface area contributed by atoms with Gasteiger partial charge in [-0.25, -0.2) is 0 Å². The van der Waals surface area contributed by atoms with E-state index in [0.29, 0.717) is 6.61 Å². The zero-order valence-corrected chi connectivity index (χ0v) is 5.63. The Morgan fingerprint density at radius 2 is 1.54 bits per heavy atom. The average molecular weight is 196 g/mol. The largest absolute Gasteiger partial charge is 0.359 e. The lowest BCUT2D eigenvalue weighted by Gasteiger charge is -2.00. The second kappa shape index (κ2) is 29.9. The highest BCUT2D eigenvalue weighted by Gasteiger charge is 1.81. The van der Waals surface area contributed by atoms with E-state index in [1.807, 2.05) is 0 Å². The van der Waals surface area contributed by atoms with Crippen LogP contribution in [0.3, 0.4) is 0 Å². The number of ether oxygens (including phenoxy) is 3. The Bertz CT molecular complexity index is 65.2. The van der Waals surface area contributed by atoms with Gasteiger partial charge in [-0.05, 0) is 0 Å². The summed E-state index contributed by atoms with van der Waals surface area (Å²) in [5.41, 5.74) is 0. The van der Waals surface area contributed by atoms with Crippen LogP contribution in [0, 0.1) is 0 Å². The van der Waals surface area contributed by atoms with Crippen molar-refractivity contribution >= 4 is 0 Å². The van der Waals surface area contributed by atoms with Crippen molar-refractivity contribution in [1.82, 2.24) is 0 Å². The predicted molar refractivity (Wildman–Crippen MR) is 60.9 cm³/mol. The molecule has 0 unspecified atom stereocenters. The third-order valence-corrected chi connectivity index (χ3v) is 0.604. The number of hydrogen-bond donors (Lipinski definition) is 0. The van der Waals surface area contributed by atoms with Crippen LogP contribution in [0.25, 0.3) is 0 Å². The molecule has 0 aliphatic rings. The van der Waals surface area contributed by atoms with Gasteiger partial charge in [-0.15, -0.1) is 6.58 Å². The summed E-state index contributed by atoms with van der Waals surface area (Å²) < 4.78 is 14.3. The molecule has 0 saturated carbocycles. The van der Waals surface area contributed by atoms with Crippen molar-refractivity contribution in [2.24, 2.45) is 0 Å². The van der Waals surface area contributed by atoms with E-state index in [1.54, 1.807) is 13.2 Å². The highest BCUT2D eigenvalue weighted by molar-refractivity contribution is 4.62. The van der Waals surface area contributed by atoms with Crippen LogP contribution in [0.2, 0.25) is 0 Å². The molecular weight excluding hydrogens is 168 g/mol. The lowest BCUT2D eigenvalue weighted by atomic mass is 10.7. The van der Waals surface area contributed by atoms with E-state index in [1.165, 1.54) is 0 Å². The molecule has 0 atom stereocenters. The fraction of sp³-hybridized carbons (Fsp3) is 0.800. The van der Waals surface area contributed by atoms with Crippen LogP contribution in [0.1, 0.15) is 29.7 Å². The molecule has 0 amide bonds. The molecule has 0 rings (SSSR count). The van der Waals surface area contributed by atoms with E-state index in [2.05, 4.69) is 11.3 Å². The van der Waals surface area contributed by atoms with Crippen LogP contribution >= 0.6 is 0 Å². The topological polar surface area (TPSA) is 27.7 Å². The highest BCUT2D eigenvalue weighted by Crippen LogP contribution is 1.77. The molecule has 13 heavy (non-hydrogen) atoms. The SMILES string of the molecule is C.C.C.C.C=CCOCOCOC. The summed E-state index contributed by atoms with van der Waals surface area (Å²) in [6, 6.07) is 0. The van der Waals surface area contributed by atoms with E-state index in [0.717, 1.165) is 0 Å². The first-order valence-corrected chi connectivity index (χ1v) is 2.67. The first-order valence-electron chi connectivity index (χ1n) is 2.67. The Kier molecular flexibility index (Phi) is 67.5. The number of methoxy groups -OCH3 is 1. The first kappa shape index (κ1) is 29.3. The Hall–Kier alpha value is -0.380. The molecule has 0 fully saturated rings. The van der Waals surface area contributed by atoms with Crippen LogP contribution in [-0.4, -0.2) is 27.3 Å². The quantitative estimate of drug-likeness (QED) is 0.370. The third-order valence-electron chi connectivity index (χ3n) is 0.604. The third kappa shape index (κ3) is 34.0. The molecule has 3 nitrogen and oxygen atoms in total. The Balaban J connectivity index is -0.0000000533. The predicted octanol–water partition coefficient (Wildman–Crippen LogP) is 3.31. The standard InChI is InChI=1S/C6H12O3.4CH4/c1-3-4-8-6-9-5-7-2;;;;/h3H,1,4-6H2,2H3;4*1H4. The van der Waals surface area contributed by atoms with Crippen molar-refractivity contribution in [3.63, 3.8) is 0 Å². The Labute approximate surface area is 84.7 Å². The summed E-state index contributed by atoms with van der Waals surface area (Å²) in [7, 11) is 1.56. The second-order valence-electron chi connectivity index (χ2n) is 1.39. The molecule has 3 heteroatoms. The summed E-state index contributed by atoms with van der Waals surface area (Å²) in [6.45, 7) is 4.52. The fourth-order valence-electron chi connectivity index (χ4n) is 0.308. The average Bonchev–Trinajstić information content (AvgIpc) is 1.89. The van der Waals surface area contributed by atoms with Gasteiger partial charge in [0.05, 0.1) is 6.61 Å². The normalized spacial score (nSPS) is 6.54. The number of rotatable bonds is 6. The summed E-state index contributed by atoms with van der Waals surface area (Å²) in [5.74, 6) is 0. The van der Waals surface area contributed by atoms with E-state index >= 15 is 0 Å². The molecule has 0 saturated heterocycles. The van der Waals surface area contributed by atoms with Gasteiger partial charge in [-0.2, -0.15) is 0 Å². The zero-order chi connectivity index (χ0) is 6.95. The maximum atomic E-state index is 4.86. The first-order chi connectivity index (χ1) is 4.41. The van der Waals surface area contributed by atoms with E-state index in [9.17, 15) is 0 Å². The van der Waals surface area contributed by atoms with Gasteiger partial charge in [-0.1, -0.05) is 35.8 Å². The Morgan fingerprint density at radius 3 is 1.92 bits per heavy atom. The van der Waals surface area contributed by atoms with Gasteiger partial charge in [-0.3, -0.25) is 0 Å². The molecule has 0 heterocycles. The molecule has 0 N–H and O–H groups in total. The molecule has 0 aliphatic carbocycles. The molecule has 0 spiro atoms. The fourth-order valence-corrected chi connectivity index (χ4v) is 0.308. The van der Waals surface area contributed by atoms with Crippen molar-refractivity contribution in [3.8, 4) is 0 Å². The minimum Gasteiger partial charge on any atom is -0.359 e. The zero-order valence-electron chi connectivity index (χ0n) is 5.63. The van der Waals surface area contributed by atoms with Gasteiger partial charge < -0.3 is 14.2 Å². The molecule has 0 aromatic carbocycles. The van der Waals surface area contributed by atoms with Gasteiger partial charge in [0.1, 0.15) is 13.6 Å². The van der Waals surface area contributed by atoms with Gasteiger partial charge in [0.15, 0.2) is 0 Å². The minimum absolute atomic E-state index is 0. The lowest BCUT2D eigenvalue weighted by molar-refractivity contribution is -0.115. The smallest absolute Gasteiger partial charge is 0.150 e. The Morgan fingerprint density at radius 1 is 1.00 bits per heavy atom. The van der Waals surface area contributed by atoms with Gasteiger partial charge >= 0.3 is 0 Å². The molecule has 0 aromatic rings. The molecule has 0 aliphatic heterocycles. The highest BCUT2D eigenvalue weighted by atomic mass is 16.7. The maximum absolute atomic E-state index is 4.86. The van der Waals surface area contributed by atoms with E-state index in [-0.39, 0.29) is 43.3 Å². The van der Waals surface area contributed by atoms with E-state index in [4.69, 9.17) is 9.47 Å². The van der Waals surface area contributed by atoms with Gasteiger partial charge in [0.25, 0.3) is 0 Å². The van der Waals surface area contributed by atoms with Crippen molar-refractivity contribution in [3.05, 3.63) is 12.7 Å². The monoisotopic (exact) mass is 196 g/mol. The second-order valence-corrected chi connectivity index (χ2v) is 1.39. The summed E-state index contributed by atoms with van der Waals surface area (Å²) in [5, 5.41) is 0. The van der Waals surface area contributed by atoms with Crippen LogP contribution in [0.4, 0.5) is 0 Å². The lowest BCUT2D eigenvalue weighted by Crippen LogP contribution is -2.02. The molecule has 0 bridgehead atoms. The summed E-state index contributed by atoms with van der Waals surface area (Å²) in [4.78, 5) is 0. The van der Waals surface area contributed by atoms with Crippen molar-refractivity contribution in [2.45, 2.75) is 29.7 Å². The molecule has 0 radical (unpaired) electrons. The summed E-state index contributed by atoms with van der Waals surface area (Å²) in [6.07, 6.45) is 1.66. The summed E-state index contributed by atoms with van der Waals surface area (Å²) >= 11 is 0. The van der Waals surface area contributed by atoms with Crippen molar-refractivity contribution in [2.75, 3.05) is 27.3 Å². The van der Waals surface area contributed by atoms with Crippen LogP contribution < -0.4 is 0 Å².